The van der Waals surface area contributed by atoms with Gasteiger partial charge in [0.2, 0.25) is 12.1 Å². The minimum Gasteiger partial charge on any atom is -0.444 e. The normalized spacial score (nSPS) is 32.2. The molecule has 0 radical (unpaired) electrons. The number of rotatable bonds is 5. The number of carbonyl (C=O) groups is 1. The number of nitro groups is 2. The van der Waals surface area contributed by atoms with Crippen molar-refractivity contribution in [3.05, 3.63) is 47.2 Å². The van der Waals surface area contributed by atoms with Gasteiger partial charge in [0.05, 0.1) is 11.6 Å². The van der Waals surface area contributed by atoms with Gasteiger partial charge in [0, 0.05) is 27.6 Å². The third kappa shape index (κ3) is 12.4. The summed E-state index contributed by atoms with van der Waals surface area (Å²) in [7, 11) is 0. The maximum absolute atomic E-state index is 11.5. The maximum Gasteiger partial charge on any atom is 0.407 e. The molecule has 0 aromatic carbocycles. The number of carbonyl (C=O) groups excluding carboxylic acids is 1. The molecule has 2 N–H and O–H groups in total. The fourth-order valence-electron chi connectivity index (χ4n) is 5.91. The Balaban J connectivity index is 0.000000304. The molecule has 6 atom stereocenters. The molecule has 0 aromatic rings. The molecular formula is C29H51N7O8. The maximum atomic E-state index is 11.5. The predicted molar refractivity (Wildman–Crippen MR) is 166 cm³/mol. The molecule has 0 bridgehead atoms. The molecule has 1 amide bonds. The van der Waals surface area contributed by atoms with Crippen molar-refractivity contribution < 1.29 is 24.5 Å². The van der Waals surface area contributed by atoms with Crippen LogP contribution in [0.1, 0.15) is 126 Å². The minimum atomic E-state index is -0.955. The van der Waals surface area contributed by atoms with Crippen molar-refractivity contribution in [2.45, 2.75) is 166 Å². The fourth-order valence-corrected chi connectivity index (χ4v) is 5.91. The van der Waals surface area contributed by atoms with E-state index in [0.717, 1.165) is 32.1 Å². The Kier molecular flexibility index (Phi) is 14.7. The summed E-state index contributed by atoms with van der Waals surface area (Å²) in [5, 5.41) is 39.9. The highest BCUT2D eigenvalue weighted by molar-refractivity contribution is 5.68. The first-order valence-electron chi connectivity index (χ1n) is 15.4. The standard InChI is InChI=1S/C11H21NO3.C6H10N4O2.C6H10N2O3.C6H10/c1-10(2,3)15-9(13)12-8-6-5-7-11(8,4)14;1-6(8-9-7)4-2-3-5(6)10(11)12;1-6(7-9)4-2-3-5(6)8(10)11;1-6-4-2-3-5-6/h8,14H,5-7H2,1-4H3,(H,12,13);5H,2-4H2,1H3;5H,2-4H2,1H3;4H,2-3,5H2,1H3. The lowest BCUT2D eigenvalue weighted by Crippen LogP contribution is -2.48. The van der Waals surface area contributed by atoms with Crippen LogP contribution in [0, 0.1) is 25.1 Å². The molecule has 44 heavy (non-hydrogen) atoms. The van der Waals surface area contributed by atoms with Gasteiger partial charge in [-0.3, -0.25) is 20.2 Å². The summed E-state index contributed by atoms with van der Waals surface area (Å²) in [6.45, 7) is 12.6. The van der Waals surface area contributed by atoms with Crippen LogP contribution in [0.2, 0.25) is 0 Å². The lowest BCUT2D eigenvalue weighted by molar-refractivity contribution is -0.529. The van der Waals surface area contributed by atoms with Gasteiger partial charge in [0.25, 0.3) is 0 Å². The van der Waals surface area contributed by atoms with Crippen LogP contribution in [0.25, 0.3) is 10.4 Å². The number of nitrogens with zero attached hydrogens (tertiary/aromatic N) is 6. The first kappa shape index (κ1) is 38.7. The molecule has 4 rings (SSSR count). The zero-order valence-electron chi connectivity index (χ0n) is 27.3. The first-order chi connectivity index (χ1) is 20.3. The van der Waals surface area contributed by atoms with Gasteiger partial charge < -0.3 is 15.2 Å². The summed E-state index contributed by atoms with van der Waals surface area (Å²) in [4.78, 5) is 44.5. The van der Waals surface area contributed by atoms with Crippen LogP contribution in [0.15, 0.2) is 21.9 Å². The van der Waals surface area contributed by atoms with E-state index in [1.54, 1.807) is 26.3 Å². The molecule has 3 fully saturated rings. The van der Waals surface area contributed by atoms with E-state index in [2.05, 4.69) is 33.5 Å². The zero-order valence-corrected chi connectivity index (χ0v) is 27.3. The summed E-state index contributed by atoms with van der Waals surface area (Å²) in [6.07, 6.45) is 12.1. The van der Waals surface area contributed by atoms with E-state index in [1.165, 1.54) is 19.3 Å². The van der Waals surface area contributed by atoms with Crippen molar-refractivity contribution in [3.8, 4) is 0 Å². The van der Waals surface area contributed by atoms with Crippen molar-refractivity contribution >= 4 is 6.09 Å². The van der Waals surface area contributed by atoms with Gasteiger partial charge in [-0.2, -0.15) is 0 Å². The zero-order chi connectivity index (χ0) is 33.8. The fraction of sp³-hybridized carbons (Fsp3) is 0.897. The molecule has 0 aromatic heterocycles. The van der Waals surface area contributed by atoms with E-state index in [4.69, 9.17) is 10.3 Å². The molecule has 0 heterocycles. The lowest BCUT2D eigenvalue weighted by atomic mass is 9.98. The first-order valence-corrected chi connectivity index (χ1v) is 15.4. The molecule has 3 saturated carbocycles. The van der Waals surface area contributed by atoms with Crippen LogP contribution in [-0.4, -0.2) is 61.5 Å². The average molecular weight is 626 g/mol. The Bertz CT molecular complexity index is 1090. The Labute approximate surface area is 259 Å². The van der Waals surface area contributed by atoms with E-state index in [1.807, 2.05) is 20.8 Å². The van der Waals surface area contributed by atoms with Crippen LogP contribution in [0.4, 0.5) is 4.79 Å². The molecule has 15 nitrogen and oxygen atoms in total. The molecule has 250 valence electrons. The average Bonchev–Trinajstić information content (AvgIpc) is 3.68. The van der Waals surface area contributed by atoms with E-state index in [-0.39, 0.29) is 11.0 Å². The number of hydrogen-bond acceptors (Lipinski definition) is 10. The van der Waals surface area contributed by atoms with Gasteiger partial charge in [-0.05, 0) is 118 Å². The number of azide groups is 1. The number of ether oxygens (including phenoxy) is 1. The van der Waals surface area contributed by atoms with Gasteiger partial charge in [-0.15, -0.1) is 4.91 Å². The lowest BCUT2D eigenvalue weighted by Gasteiger charge is -2.28. The summed E-state index contributed by atoms with van der Waals surface area (Å²) < 4.78 is 5.13. The second kappa shape index (κ2) is 16.7. The number of aliphatic hydroxyl groups is 1. The SMILES string of the molecule is CC(C)(C)OC(=O)NC1CCCC1(C)O.CC1(N=O)CCCC1[N+](=O)[O-].CC1(N=[N+]=[N-])CCCC1[N+](=O)[O-].CC1=CCCC1. The van der Waals surface area contributed by atoms with Crippen LogP contribution in [0.3, 0.4) is 0 Å². The molecule has 6 unspecified atom stereocenters. The van der Waals surface area contributed by atoms with Crippen LogP contribution in [0.5, 0.6) is 0 Å². The summed E-state index contributed by atoms with van der Waals surface area (Å²) in [5.74, 6) is 0. The highest BCUT2D eigenvalue weighted by Gasteiger charge is 2.49. The Morgan fingerprint density at radius 3 is 1.89 bits per heavy atom. The summed E-state index contributed by atoms with van der Waals surface area (Å²) in [5.41, 5.74) is 6.76. The molecule has 15 heteroatoms. The smallest absolute Gasteiger partial charge is 0.407 e. The van der Waals surface area contributed by atoms with Crippen molar-refractivity contribution in [3.63, 3.8) is 0 Å². The number of hydrogen-bond donors (Lipinski definition) is 2. The van der Waals surface area contributed by atoms with Crippen molar-refractivity contribution in [2.24, 2.45) is 10.3 Å². The third-order valence-corrected chi connectivity index (χ3v) is 8.63. The number of nitrogens with one attached hydrogen (secondary N) is 1. The molecule has 0 aliphatic heterocycles. The van der Waals surface area contributed by atoms with Gasteiger partial charge in [-0.1, -0.05) is 21.9 Å². The molecule has 4 aliphatic carbocycles. The van der Waals surface area contributed by atoms with E-state index < -0.39 is 45.4 Å². The van der Waals surface area contributed by atoms with Crippen molar-refractivity contribution in [2.75, 3.05) is 0 Å². The number of alkyl carbamates (subject to hydrolysis) is 1. The number of nitroso groups, excluding NO2 is 1. The van der Waals surface area contributed by atoms with Crippen LogP contribution >= 0.6 is 0 Å². The number of allylic oxidation sites excluding steroid dienone is 2. The Morgan fingerprint density at radius 2 is 1.55 bits per heavy atom. The van der Waals surface area contributed by atoms with Crippen molar-refractivity contribution in [1.29, 1.82) is 0 Å². The molecule has 4 aliphatic rings. The predicted octanol–water partition coefficient (Wildman–Crippen LogP) is 7.16. The molecule has 0 spiro atoms. The highest BCUT2D eigenvalue weighted by atomic mass is 16.6. The number of amides is 1. The van der Waals surface area contributed by atoms with E-state index in [9.17, 15) is 35.0 Å². The Hall–Kier alpha value is -3.32. The minimum absolute atomic E-state index is 0.188. The van der Waals surface area contributed by atoms with Gasteiger partial charge in [0.15, 0.2) is 5.54 Å². The van der Waals surface area contributed by atoms with Gasteiger partial charge >= 0.3 is 6.09 Å². The van der Waals surface area contributed by atoms with Crippen LogP contribution < -0.4 is 5.32 Å². The Morgan fingerprint density at radius 1 is 1.02 bits per heavy atom. The third-order valence-electron chi connectivity index (χ3n) is 8.63. The molecular weight excluding hydrogens is 574 g/mol. The van der Waals surface area contributed by atoms with Gasteiger partial charge in [0.1, 0.15) is 11.1 Å². The van der Waals surface area contributed by atoms with Gasteiger partial charge in [-0.25, -0.2) is 4.79 Å². The second-order valence-corrected chi connectivity index (χ2v) is 13.8. The summed E-state index contributed by atoms with van der Waals surface area (Å²) in [6, 6.07) is -1.65. The monoisotopic (exact) mass is 625 g/mol. The van der Waals surface area contributed by atoms with Crippen LogP contribution in [-0.2, 0) is 4.74 Å². The van der Waals surface area contributed by atoms with E-state index in [0.29, 0.717) is 25.7 Å². The molecule has 0 saturated heterocycles. The second-order valence-electron chi connectivity index (χ2n) is 13.8. The summed E-state index contributed by atoms with van der Waals surface area (Å²) >= 11 is 0. The highest BCUT2D eigenvalue weighted by Crippen LogP contribution is 2.36. The topological polar surface area (TPSA) is 223 Å². The van der Waals surface area contributed by atoms with Crippen molar-refractivity contribution in [1.82, 2.24) is 5.32 Å². The largest absolute Gasteiger partial charge is 0.444 e. The quantitative estimate of drug-likeness (QED) is 0.0605. The van der Waals surface area contributed by atoms with E-state index >= 15 is 0 Å².